The Balaban J connectivity index is 1.42. The van der Waals surface area contributed by atoms with Crippen molar-refractivity contribution in [3.05, 3.63) is 106 Å². The molecule has 0 aromatic heterocycles. The van der Waals surface area contributed by atoms with Crippen LogP contribution in [0.25, 0.3) is 0 Å². The summed E-state index contributed by atoms with van der Waals surface area (Å²) in [5.74, 6) is -0.329. The Morgan fingerprint density at radius 3 is 2.33 bits per heavy atom. The largest absolute Gasteiger partial charge is 0.748 e. The molecule has 45 heavy (non-hydrogen) atoms. The molecule has 0 amide bonds. The highest BCUT2D eigenvalue weighted by Gasteiger charge is 2.44. The molecule has 2 aliphatic heterocycles. The number of para-hydroxylation sites is 2. The van der Waals surface area contributed by atoms with E-state index < -0.39 is 10.1 Å². The zero-order valence-electron chi connectivity index (χ0n) is 27.4. The van der Waals surface area contributed by atoms with E-state index in [9.17, 15) is 13.0 Å². The molecular formula is C38H47ClN2O3S. The van der Waals surface area contributed by atoms with Crippen molar-refractivity contribution < 1.29 is 17.5 Å². The number of unbranched alkanes of at least 4 members (excludes halogenated alkanes) is 3. The predicted molar refractivity (Wildman–Crippen MR) is 187 cm³/mol. The average molecular weight is 647 g/mol. The highest BCUT2D eigenvalue weighted by Crippen LogP contribution is 2.48. The van der Waals surface area contributed by atoms with Crippen molar-refractivity contribution in [1.82, 2.24) is 0 Å². The summed E-state index contributed by atoms with van der Waals surface area (Å²) < 4.78 is 36.0. The van der Waals surface area contributed by atoms with Gasteiger partial charge in [0.25, 0.3) is 0 Å². The van der Waals surface area contributed by atoms with Crippen LogP contribution in [0.3, 0.4) is 0 Å². The standard InChI is InChI=1S/C38H47ClN2O3S/c1-6-7-12-25-40-32-17-10-8-15-30(32)37(2,3)34(40)23-21-28-19-20-29(36(28)39)22-24-35-38(4,5)31-16-9-11-18-33(31)41(35)26-13-14-27-45(42,43)44/h8-11,15-18,21-24H,6-7,12-14,19-20,25-27H2,1-5H3. The van der Waals surface area contributed by atoms with Crippen molar-refractivity contribution >= 4 is 38.8 Å². The smallest absolute Gasteiger partial charge is 0.209 e. The first-order chi connectivity index (χ1) is 21.4. The molecule has 0 saturated carbocycles. The maximum Gasteiger partial charge on any atom is 0.209 e. The molecule has 1 aliphatic carbocycles. The number of allylic oxidation sites excluding steroid dienone is 8. The molecule has 2 heterocycles. The maximum absolute atomic E-state index is 11.2. The van der Waals surface area contributed by atoms with Gasteiger partial charge in [-0.3, -0.25) is 0 Å². The number of benzene rings is 2. The minimum atomic E-state index is -4.21. The highest BCUT2D eigenvalue weighted by molar-refractivity contribution is 7.85. The first-order valence-electron chi connectivity index (χ1n) is 16.4. The summed E-state index contributed by atoms with van der Waals surface area (Å²) in [6.07, 6.45) is 15.2. The molecule has 0 atom stereocenters. The summed E-state index contributed by atoms with van der Waals surface area (Å²) in [5, 5.41) is 0.829. The van der Waals surface area contributed by atoms with Crippen LogP contribution in [0.5, 0.6) is 0 Å². The Morgan fingerprint density at radius 2 is 1.60 bits per heavy atom. The van der Waals surface area contributed by atoms with Crippen LogP contribution in [0.15, 0.2) is 94.7 Å². The van der Waals surface area contributed by atoms with Crippen LogP contribution in [0.2, 0.25) is 0 Å². The van der Waals surface area contributed by atoms with Gasteiger partial charge < -0.3 is 9.45 Å². The van der Waals surface area contributed by atoms with Crippen molar-refractivity contribution in [1.29, 1.82) is 0 Å². The van der Waals surface area contributed by atoms with Crippen molar-refractivity contribution in [2.75, 3.05) is 23.7 Å². The van der Waals surface area contributed by atoms with E-state index in [4.69, 9.17) is 11.6 Å². The molecule has 0 N–H and O–H groups in total. The van der Waals surface area contributed by atoms with Gasteiger partial charge in [0.1, 0.15) is 6.54 Å². The van der Waals surface area contributed by atoms with Crippen molar-refractivity contribution in [3.63, 3.8) is 0 Å². The van der Waals surface area contributed by atoms with E-state index in [1.807, 2.05) is 6.07 Å². The molecule has 2 aromatic carbocycles. The van der Waals surface area contributed by atoms with Crippen LogP contribution in [-0.2, 0) is 20.9 Å². The lowest BCUT2D eigenvalue weighted by molar-refractivity contribution is -0.438. The van der Waals surface area contributed by atoms with Gasteiger partial charge in [-0.2, -0.15) is 4.58 Å². The fraction of sp³-hybridized carbons (Fsp3) is 0.447. The Morgan fingerprint density at radius 1 is 0.889 bits per heavy atom. The van der Waals surface area contributed by atoms with Gasteiger partial charge in [-0.15, -0.1) is 0 Å². The van der Waals surface area contributed by atoms with Crippen LogP contribution >= 0.6 is 11.6 Å². The Hall–Kier alpha value is -2.93. The third-order valence-corrected chi connectivity index (χ3v) is 11.0. The van der Waals surface area contributed by atoms with Gasteiger partial charge in [0, 0.05) is 58.3 Å². The molecule has 5 nitrogen and oxygen atoms in total. The third kappa shape index (κ3) is 6.94. The number of hydrogen-bond acceptors (Lipinski definition) is 4. The lowest BCUT2D eigenvalue weighted by Crippen LogP contribution is -2.28. The van der Waals surface area contributed by atoms with Gasteiger partial charge in [0.15, 0.2) is 5.71 Å². The number of nitrogens with zero attached hydrogens (tertiary/aromatic N) is 2. The number of hydrogen-bond donors (Lipinski definition) is 0. The SMILES string of the molecule is CCCCC[N+]1=C(C=CC2=C(Cl)C(=CC=C3N(CCCCS(=O)(=O)[O-])c4ccccc4C3(C)C)CC2)C(C)(C)c2ccccc21. The van der Waals surface area contributed by atoms with E-state index in [-0.39, 0.29) is 16.6 Å². The van der Waals surface area contributed by atoms with E-state index in [1.165, 1.54) is 40.9 Å². The number of rotatable bonds is 12. The minimum Gasteiger partial charge on any atom is -0.748 e. The normalized spacial score (nSPS) is 20.7. The van der Waals surface area contributed by atoms with E-state index >= 15 is 0 Å². The molecule has 0 radical (unpaired) electrons. The van der Waals surface area contributed by atoms with E-state index in [2.05, 4.69) is 111 Å². The molecule has 0 unspecified atom stereocenters. The van der Waals surface area contributed by atoms with Crippen LogP contribution < -0.4 is 4.90 Å². The summed E-state index contributed by atoms with van der Waals surface area (Å²) >= 11 is 7.06. The zero-order chi connectivity index (χ0) is 32.4. The summed E-state index contributed by atoms with van der Waals surface area (Å²) in [6, 6.07) is 17.2. The van der Waals surface area contributed by atoms with Crippen LogP contribution in [0.1, 0.15) is 90.7 Å². The fourth-order valence-corrected chi connectivity index (χ4v) is 8.07. The highest BCUT2D eigenvalue weighted by atomic mass is 35.5. The second kappa shape index (κ2) is 13.4. The quantitative estimate of drug-likeness (QED) is 0.131. The lowest BCUT2D eigenvalue weighted by Gasteiger charge is -2.27. The van der Waals surface area contributed by atoms with Crippen LogP contribution in [-0.4, -0.2) is 42.1 Å². The van der Waals surface area contributed by atoms with E-state index in [0.717, 1.165) is 47.8 Å². The second-order valence-electron chi connectivity index (χ2n) is 13.6. The number of halogens is 1. The van der Waals surface area contributed by atoms with Gasteiger partial charge in [0.2, 0.25) is 5.69 Å². The van der Waals surface area contributed by atoms with Crippen LogP contribution in [0, 0.1) is 0 Å². The molecule has 0 spiro atoms. The predicted octanol–water partition coefficient (Wildman–Crippen LogP) is 9.03. The van der Waals surface area contributed by atoms with Gasteiger partial charge in [-0.25, -0.2) is 8.42 Å². The van der Waals surface area contributed by atoms with Gasteiger partial charge in [-0.05, 0) is 74.8 Å². The Kier molecular flexibility index (Phi) is 9.98. The molecule has 0 fully saturated rings. The first-order valence-corrected chi connectivity index (χ1v) is 18.4. The third-order valence-electron chi connectivity index (χ3n) is 9.72. The van der Waals surface area contributed by atoms with Gasteiger partial charge in [-0.1, -0.05) is 87.3 Å². The molecule has 7 heteroatoms. The average Bonchev–Trinajstić information content (AvgIpc) is 3.53. The molecule has 2 aromatic rings. The zero-order valence-corrected chi connectivity index (χ0v) is 29.0. The molecule has 5 rings (SSSR count). The minimum absolute atomic E-state index is 0.0849. The fourth-order valence-electron chi connectivity index (χ4n) is 7.20. The Labute approximate surface area is 275 Å². The van der Waals surface area contributed by atoms with Crippen molar-refractivity contribution in [2.45, 2.75) is 90.4 Å². The van der Waals surface area contributed by atoms with Crippen molar-refractivity contribution in [2.24, 2.45) is 0 Å². The maximum atomic E-state index is 11.2. The Bertz CT molecular complexity index is 1710. The summed E-state index contributed by atoms with van der Waals surface area (Å²) in [4.78, 5) is 2.28. The molecule has 3 aliphatic rings. The molecule has 240 valence electrons. The topological polar surface area (TPSA) is 63.5 Å². The molecule has 0 bridgehead atoms. The van der Waals surface area contributed by atoms with E-state index in [1.54, 1.807) is 0 Å². The number of anilines is 1. The monoisotopic (exact) mass is 646 g/mol. The first kappa shape index (κ1) is 33.4. The summed E-state index contributed by atoms with van der Waals surface area (Å²) in [6.45, 7) is 13.0. The van der Waals surface area contributed by atoms with E-state index in [0.29, 0.717) is 19.4 Å². The van der Waals surface area contributed by atoms with Gasteiger partial charge >= 0.3 is 0 Å². The second-order valence-corrected chi connectivity index (χ2v) is 15.5. The molecular weight excluding hydrogens is 600 g/mol. The lowest BCUT2D eigenvalue weighted by atomic mass is 9.81. The summed E-state index contributed by atoms with van der Waals surface area (Å²) in [7, 11) is -4.21. The summed E-state index contributed by atoms with van der Waals surface area (Å²) in [5.41, 5.74) is 9.52. The molecule has 0 saturated heterocycles. The van der Waals surface area contributed by atoms with Crippen molar-refractivity contribution in [3.8, 4) is 0 Å². The van der Waals surface area contributed by atoms with Gasteiger partial charge in [0.05, 0.1) is 15.5 Å². The van der Waals surface area contributed by atoms with Crippen LogP contribution in [0.4, 0.5) is 11.4 Å². The number of fused-ring (bicyclic) bond motifs is 2.